The largest absolute Gasteiger partial charge is 0.384 e. The molecule has 1 aromatic rings. The molecule has 1 N–H and O–H groups in total. The number of β-amino-alcohol motifs (C(OH)–C–C–N with tert-alkyl or cyclic N) is 1. The summed E-state index contributed by atoms with van der Waals surface area (Å²) < 4.78 is 0. The predicted octanol–water partition coefficient (Wildman–Crippen LogP) is 3.19. The summed E-state index contributed by atoms with van der Waals surface area (Å²) in [4.78, 5) is 2.38. The smallest absolute Gasteiger partial charge is 0.102 e. The topological polar surface area (TPSA) is 23.5 Å². The quantitative estimate of drug-likeness (QED) is 0.846. The van der Waals surface area contributed by atoms with Crippen LogP contribution in [0.2, 0.25) is 0 Å². The van der Waals surface area contributed by atoms with Crippen LogP contribution in [0.3, 0.4) is 0 Å². The van der Waals surface area contributed by atoms with E-state index in [-0.39, 0.29) is 17.9 Å². The molecule has 0 radical (unpaired) electrons. The molecule has 0 aliphatic carbocycles. The number of nitrogens with zero attached hydrogens (tertiary/aromatic N) is 1. The van der Waals surface area contributed by atoms with Gasteiger partial charge in [0.05, 0.1) is 0 Å². The number of hydrogen-bond donors (Lipinski definition) is 1. The van der Waals surface area contributed by atoms with E-state index >= 15 is 0 Å². The van der Waals surface area contributed by atoms with Gasteiger partial charge in [0, 0.05) is 12.1 Å². The molecule has 3 heteroatoms. The Kier molecular flexibility index (Phi) is 4.82. The molecule has 0 saturated carbocycles. The maximum absolute atomic E-state index is 10.8. The molecule has 1 aliphatic heterocycles. The van der Waals surface area contributed by atoms with E-state index in [0.29, 0.717) is 0 Å². The maximum Gasteiger partial charge on any atom is 0.102 e. The zero-order valence-electron chi connectivity index (χ0n) is 11.5. The highest BCUT2D eigenvalue weighted by Gasteiger charge is 2.38. The van der Waals surface area contributed by atoms with Crippen molar-refractivity contribution in [2.24, 2.45) is 0 Å². The third-order valence-electron chi connectivity index (χ3n) is 3.73. The minimum atomic E-state index is -0.674. The summed E-state index contributed by atoms with van der Waals surface area (Å²) in [6.07, 6.45) is 1.92. The van der Waals surface area contributed by atoms with Crippen molar-refractivity contribution < 1.29 is 5.11 Å². The first-order valence-corrected chi connectivity index (χ1v) is 6.45. The molecule has 1 atom stereocenters. The molecular weight excluding hydrogens is 246 g/mol. The van der Waals surface area contributed by atoms with E-state index in [1.807, 2.05) is 30.3 Å². The van der Waals surface area contributed by atoms with E-state index in [2.05, 4.69) is 25.7 Å². The van der Waals surface area contributed by atoms with Crippen molar-refractivity contribution in [3.63, 3.8) is 0 Å². The Morgan fingerprint density at radius 1 is 1.17 bits per heavy atom. The summed E-state index contributed by atoms with van der Waals surface area (Å²) in [5.74, 6) is 0. The molecule has 0 spiro atoms. The number of aliphatic hydroxyl groups is 1. The van der Waals surface area contributed by atoms with Gasteiger partial charge in [-0.15, -0.1) is 12.4 Å². The highest BCUT2D eigenvalue weighted by Crippen LogP contribution is 2.34. The van der Waals surface area contributed by atoms with E-state index in [1.165, 1.54) is 0 Å². The molecule has 0 amide bonds. The highest BCUT2D eigenvalue weighted by atomic mass is 35.5. The lowest BCUT2D eigenvalue weighted by Crippen LogP contribution is -2.53. The number of benzene rings is 1. The minimum Gasteiger partial charge on any atom is -0.384 e. The molecule has 102 valence electrons. The Labute approximate surface area is 116 Å². The molecule has 1 heterocycles. The Bertz CT molecular complexity index is 374. The average Bonchev–Trinajstić information content (AvgIpc) is 2.29. The third-order valence-corrected chi connectivity index (χ3v) is 3.73. The van der Waals surface area contributed by atoms with Crippen molar-refractivity contribution in [3.05, 3.63) is 35.9 Å². The molecule has 18 heavy (non-hydrogen) atoms. The zero-order valence-corrected chi connectivity index (χ0v) is 12.3. The van der Waals surface area contributed by atoms with E-state index in [0.717, 1.165) is 31.5 Å². The summed E-state index contributed by atoms with van der Waals surface area (Å²) in [7, 11) is 0. The van der Waals surface area contributed by atoms with Crippen molar-refractivity contribution in [1.29, 1.82) is 0 Å². The number of rotatable bonds is 1. The fourth-order valence-electron chi connectivity index (χ4n) is 2.59. The van der Waals surface area contributed by atoms with Crippen molar-refractivity contribution in [2.45, 2.75) is 44.8 Å². The lowest BCUT2D eigenvalue weighted by molar-refractivity contribution is -0.0619. The van der Waals surface area contributed by atoms with Gasteiger partial charge in [-0.05, 0) is 45.7 Å². The number of likely N-dealkylation sites (tertiary alicyclic amines) is 1. The second-order valence-electron chi connectivity index (χ2n) is 6.09. The van der Waals surface area contributed by atoms with Gasteiger partial charge in [0.25, 0.3) is 0 Å². The van der Waals surface area contributed by atoms with Gasteiger partial charge < -0.3 is 5.11 Å². The van der Waals surface area contributed by atoms with Gasteiger partial charge in [-0.25, -0.2) is 0 Å². The van der Waals surface area contributed by atoms with Crippen LogP contribution in [0.15, 0.2) is 30.3 Å². The fraction of sp³-hybridized carbons (Fsp3) is 0.600. The molecule has 0 bridgehead atoms. The van der Waals surface area contributed by atoms with Crippen LogP contribution in [0, 0.1) is 0 Å². The van der Waals surface area contributed by atoms with Crippen molar-refractivity contribution in [2.75, 3.05) is 13.1 Å². The summed E-state index contributed by atoms with van der Waals surface area (Å²) in [5, 5.41) is 10.8. The van der Waals surface area contributed by atoms with Gasteiger partial charge in [-0.3, -0.25) is 4.90 Å². The van der Waals surface area contributed by atoms with Crippen LogP contribution in [0.4, 0.5) is 0 Å². The zero-order chi connectivity index (χ0) is 12.5. The third kappa shape index (κ3) is 3.25. The first-order valence-electron chi connectivity index (χ1n) is 6.45. The normalized spacial score (nSPS) is 25.6. The second kappa shape index (κ2) is 5.60. The Balaban J connectivity index is 0.00000162. The van der Waals surface area contributed by atoms with Crippen molar-refractivity contribution in [1.82, 2.24) is 4.90 Å². The van der Waals surface area contributed by atoms with E-state index in [1.54, 1.807) is 0 Å². The van der Waals surface area contributed by atoms with Crippen LogP contribution >= 0.6 is 12.4 Å². The van der Waals surface area contributed by atoms with Crippen LogP contribution in [0.1, 0.15) is 39.2 Å². The number of halogens is 1. The molecule has 1 fully saturated rings. The molecule has 1 unspecified atom stereocenters. The lowest BCUT2D eigenvalue weighted by atomic mass is 9.84. The summed E-state index contributed by atoms with van der Waals surface area (Å²) in [6.45, 7) is 8.45. The number of piperidine rings is 1. The van der Waals surface area contributed by atoms with E-state index < -0.39 is 5.60 Å². The SMILES string of the molecule is CC(C)(C)N1CCCC(O)(c2ccccc2)C1.Cl. The number of hydrogen-bond acceptors (Lipinski definition) is 2. The summed E-state index contributed by atoms with van der Waals surface area (Å²) in [6, 6.07) is 10.1. The van der Waals surface area contributed by atoms with Gasteiger partial charge in [-0.1, -0.05) is 30.3 Å². The first kappa shape index (κ1) is 15.5. The Morgan fingerprint density at radius 2 is 1.78 bits per heavy atom. The Hall–Kier alpha value is -0.570. The van der Waals surface area contributed by atoms with Gasteiger partial charge in [0.1, 0.15) is 5.60 Å². The molecule has 1 aliphatic rings. The summed E-state index contributed by atoms with van der Waals surface area (Å²) >= 11 is 0. The summed E-state index contributed by atoms with van der Waals surface area (Å²) in [5.41, 5.74) is 0.504. The standard InChI is InChI=1S/C15H23NO.ClH/c1-14(2,3)16-11-7-10-15(17,12-16)13-8-5-4-6-9-13;/h4-6,8-9,17H,7,10-12H2,1-3H3;1H. The van der Waals surface area contributed by atoms with Gasteiger partial charge in [-0.2, -0.15) is 0 Å². The van der Waals surface area contributed by atoms with Crippen molar-refractivity contribution in [3.8, 4) is 0 Å². The Morgan fingerprint density at radius 3 is 2.33 bits per heavy atom. The molecule has 2 nitrogen and oxygen atoms in total. The van der Waals surface area contributed by atoms with Crippen LogP contribution in [-0.2, 0) is 5.60 Å². The predicted molar refractivity (Wildman–Crippen MR) is 78.1 cm³/mol. The first-order chi connectivity index (χ1) is 7.92. The molecule has 1 saturated heterocycles. The molecule has 1 aromatic carbocycles. The lowest BCUT2D eigenvalue weighted by Gasteiger charge is -2.45. The second-order valence-corrected chi connectivity index (χ2v) is 6.09. The van der Waals surface area contributed by atoms with E-state index in [4.69, 9.17) is 0 Å². The van der Waals surface area contributed by atoms with Gasteiger partial charge in [0.15, 0.2) is 0 Å². The minimum absolute atomic E-state index is 0. The van der Waals surface area contributed by atoms with Crippen LogP contribution in [-0.4, -0.2) is 28.6 Å². The molecular formula is C15H24ClNO. The van der Waals surface area contributed by atoms with Crippen LogP contribution in [0.25, 0.3) is 0 Å². The van der Waals surface area contributed by atoms with Crippen molar-refractivity contribution >= 4 is 12.4 Å². The highest BCUT2D eigenvalue weighted by molar-refractivity contribution is 5.85. The van der Waals surface area contributed by atoms with Crippen LogP contribution < -0.4 is 0 Å². The molecule has 0 aromatic heterocycles. The average molecular weight is 270 g/mol. The van der Waals surface area contributed by atoms with Crippen LogP contribution in [0.5, 0.6) is 0 Å². The van der Waals surface area contributed by atoms with E-state index in [9.17, 15) is 5.11 Å². The molecule has 2 rings (SSSR count). The maximum atomic E-state index is 10.8. The van der Waals surface area contributed by atoms with Gasteiger partial charge >= 0.3 is 0 Å². The van der Waals surface area contributed by atoms with Gasteiger partial charge in [0.2, 0.25) is 0 Å². The monoisotopic (exact) mass is 269 g/mol. The fourth-order valence-corrected chi connectivity index (χ4v) is 2.59.